The molecule has 2 N–H and O–H groups in total. The first kappa shape index (κ1) is 33.7. The number of nitrogens with zero attached hydrogens (tertiary/aromatic N) is 5. The summed E-state index contributed by atoms with van der Waals surface area (Å²) in [6, 6.07) is 5.98. The van der Waals surface area contributed by atoms with Crippen molar-refractivity contribution in [2.75, 3.05) is 50.8 Å². The number of carbonyl (C=O) groups excluding carboxylic acids is 1. The number of nitrogens with one attached hydrogen (secondary N) is 2. The van der Waals surface area contributed by atoms with E-state index in [2.05, 4.69) is 33.9 Å². The first-order valence-corrected chi connectivity index (χ1v) is 17.7. The summed E-state index contributed by atoms with van der Waals surface area (Å²) in [6.07, 6.45) is 1.03. The van der Waals surface area contributed by atoms with Crippen molar-refractivity contribution in [2.24, 2.45) is 11.3 Å². The number of carbonyl (C=O) groups is 1. The molecule has 2 aromatic carbocycles. The zero-order chi connectivity index (χ0) is 35.7. The summed E-state index contributed by atoms with van der Waals surface area (Å²) < 4.78 is 67.9. The lowest BCUT2D eigenvalue weighted by Crippen LogP contribution is -2.62. The number of aromatic amines is 1. The number of ether oxygens (including phenoxy) is 2. The third kappa shape index (κ3) is 6.36. The van der Waals surface area contributed by atoms with E-state index in [-0.39, 0.29) is 40.6 Å². The molecule has 3 saturated heterocycles. The molecule has 14 heteroatoms. The average Bonchev–Trinajstić information content (AvgIpc) is 3.82. The summed E-state index contributed by atoms with van der Waals surface area (Å²) in [5.74, 6) is -0.657. The second-order valence-electron chi connectivity index (χ2n) is 14.8. The Kier molecular flexibility index (Phi) is 8.35. The van der Waals surface area contributed by atoms with Crippen LogP contribution in [0.1, 0.15) is 56.1 Å². The van der Waals surface area contributed by atoms with Crippen molar-refractivity contribution >= 4 is 33.5 Å². The summed E-state index contributed by atoms with van der Waals surface area (Å²) in [6.45, 7) is 9.24. The molecular formula is C37H41F4N7O3. The second-order valence-corrected chi connectivity index (χ2v) is 14.8. The van der Waals surface area contributed by atoms with Gasteiger partial charge in [-0.15, -0.1) is 0 Å². The van der Waals surface area contributed by atoms with Crippen molar-refractivity contribution in [1.29, 1.82) is 0 Å². The quantitative estimate of drug-likeness (QED) is 0.156. The van der Waals surface area contributed by atoms with Gasteiger partial charge in [0.1, 0.15) is 17.4 Å². The van der Waals surface area contributed by atoms with E-state index in [4.69, 9.17) is 19.4 Å². The van der Waals surface area contributed by atoms with Gasteiger partial charge in [0.2, 0.25) is 0 Å². The van der Waals surface area contributed by atoms with Crippen LogP contribution in [0, 0.1) is 18.3 Å². The van der Waals surface area contributed by atoms with Gasteiger partial charge in [0, 0.05) is 54.5 Å². The van der Waals surface area contributed by atoms with Crippen LogP contribution in [0.5, 0.6) is 11.8 Å². The number of H-pyrrole nitrogens is 1. The fraction of sp³-hybridized carbons (Fsp3) is 0.514. The van der Waals surface area contributed by atoms with E-state index in [1.807, 2.05) is 25.1 Å². The highest BCUT2D eigenvalue weighted by molar-refractivity contribution is 6.06. The molecular weight excluding hydrogens is 666 g/mol. The van der Waals surface area contributed by atoms with Crippen molar-refractivity contribution in [3.8, 4) is 22.9 Å². The summed E-state index contributed by atoms with van der Waals surface area (Å²) >= 11 is 0. The van der Waals surface area contributed by atoms with Gasteiger partial charge < -0.3 is 24.6 Å². The molecule has 270 valence electrons. The van der Waals surface area contributed by atoms with Crippen molar-refractivity contribution < 1.29 is 31.8 Å². The fourth-order valence-electron chi connectivity index (χ4n) is 8.08. The largest absolute Gasteiger partial charge is 0.481 e. The van der Waals surface area contributed by atoms with Gasteiger partial charge in [-0.25, -0.2) is 4.39 Å². The highest BCUT2D eigenvalue weighted by atomic mass is 19.4. The minimum Gasteiger partial charge on any atom is -0.481 e. The van der Waals surface area contributed by atoms with Crippen LogP contribution in [0.25, 0.3) is 32.9 Å². The molecule has 4 aromatic rings. The number of fused-ring (bicyclic) bond motifs is 2. The zero-order valence-electron chi connectivity index (χ0n) is 28.7. The monoisotopic (exact) mass is 707 g/mol. The maximum absolute atomic E-state index is 14.0. The molecule has 1 spiro atoms. The first-order chi connectivity index (χ1) is 24.4. The Balaban J connectivity index is 1.28. The lowest BCUT2D eigenvalue weighted by Gasteiger charge is -2.54. The number of alkyl halides is 3. The summed E-state index contributed by atoms with van der Waals surface area (Å²) in [5.41, 5.74) is 4.01. The van der Waals surface area contributed by atoms with E-state index in [1.165, 1.54) is 4.90 Å². The molecule has 0 bridgehead atoms. The van der Waals surface area contributed by atoms with E-state index >= 15 is 0 Å². The molecule has 4 fully saturated rings. The van der Waals surface area contributed by atoms with Crippen LogP contribution in [-0.2, 0) is 4.79 Å². The zero-order valence-corrected chi connectivity index (χ0v) is 28.7. The number of halogens is 4. The van der Waals surface area contributed by atoms with E-state index in [1.54, 1.807) is 6.20 Å². The molecule has 1 saturated carbocycles. The van der Waals surface area contributed by atoms with Crippen LogP contribution >= 0.6 is 0 Å². The van der Waals surface area contributed by atoms with Crippen molar-refractivity contribution in [3.63, 3.8) is 0 Å². The Morgan fingerprint density at radius 3 is 2.55 bits per heavy atom. The molecule has 10 nitrogen and oxygen atoms in total. The van der Waals surface area contributed by atoms with Gasteiger partial charge in [-0.05, 0) is 86.2 Å². The van der Waals surface area contributed by atoms with Crippen LogP contribution < -0.4 is 19.7 Å². The Morgan fingerprint density at radius 1 is 1.10 bits per heavy atom. The fourth-order valence-corrected chi connectivity index (χ4v) is 8.08. The number of benzene rings is 2. The van der Waals surface area contributed by atoms with E-state index in [0.717, 1.165) is 66.2 Å². The number of likely N-dealkylation sites (tertiary alicyclic amines) is 1. The molecule has 3 aliphatic heterocycles. The topological polar surface area (TPSA) is 109 Å². The van der Waals surface area contributed by atoms with E-state index in [9.17, 15) is 22.4 Å². The molecule has 0 radical (unpaired) electrons. The van der Waals surface area contributed by atoms with Gasteiger partial charge in [0.05, 0.1) is 11.7 Å². The Morgan fingerprint density at radius 2 is 1.86 bits per heavy atom. The van der Waals surface area contributed by atoms with Crippen LogP contribution in [0.3, 0.4) is 0 Å². The minimum absolute atomic E-state index is 0.0555. The third-order valence-electron chi connectivity index (χ3n) is 11.1. The number of hydrogen-bond donors (Lipinski definition) is 2. The Labute approximate surface area is 292 Å². The Hall–Kier alpha value is -4.46. The van der Waals surface area contributed by atoms with Gasteiger partial charge >= 0.3 is 12.2 Å². The maximum Gasteiger partial charge on any atom is 0.422 e. The second kappa shape index (κ2) is 12.6. The smallest absolute Gasteiger partial charge is 0.422 e. The number of aromatic nitrogens is 4. The van der Waals surface area contributed by atoms with Gasteiger partial charge in [0.15, 0.2) is 18.2 Å². The van der Waals surface area contributed by atoms with E-state index in [0.29, 0.717) is 49.5 Å². The lowest BCUT2D eigenvalue weighted by atomic mass is 9.72. The summed E-state index contributed by atoms with van der Waals surface area (Å²) in [7, 11) is 0. The highest BCUT2D eigenvalue weighted by Gasteiger charge is 2.47. The molecule has 8 rings (SSSR count). The van der Waals surface area contributed by atoms with Gasteiger partial charge in [-0.1, -0.05) is 19.6 Å². The van der Waals surface area contributed by atoms with Crippen molar-refractivity contribution in [3.05, 3.63) is 47.9 Å². The predicted molar refractivity (Wildman–Crippen MR) is 185 cm³/mol. The van der Waals surface area contributed by atoms with Crippen LogP contribution in [0.2, 0.25) is 0 Å². The van der Waals surface area contributed by atoms with Gasteiger partial charge in [-0.2, -0.15) is 28.2 Å². The maximum atomic E-state index is 14.0. The molecule has 2 aromatic heterocycles. The predicted octanol–water partition coefficient (Wildman–Crippen LogP) is 6.59. The molecule has 1 aliphatic carbocycles. The first-order valence-electron chi connectivity index (χ1n) is 17.7. The number of rotatable bonds is 8. The van der Waals surface area contributed by atoms with Crippen LogP contribution in [0.4, 0.5) is 23.4 Å². The summed E-state index contributed by atoms with van der Waals surface area (Å²) in [4.78, 5) is 25.7. The molecule has 2 unspecified atom stereocenters. The van der Waals surface area contributed by atoms with Crippen LogP contribution in [-0.4, -0.2) is 89.1 Å². The average molecular weight is 708 g/mol. The molecule has 2 atom stereocenters. The minimum atomic E-state index is -4.60. The summed E-state index contributed by atoms with van der Waals surface area (Å²) in [5, 5.41) is 12.0. The molecule has 4 aliphatic rings. The van der Waals surface area contributed by atoms with Crippen molar-refractivity contribution in [1.82, 2.24) is 30.4 Å². The van der Waals surface area contributed by atoms with Gasteiger partial charge in [0.25, 0.3) is 5.91 Å². The third-order valence-corrected chi connectivity index (χ3v) is 11.1. The number of aryl methyl sites for hydroxylation is 1. The number of amides is 1. The SMILES string of the molecule is C=C(F)C(=O)N1CC2(CCN(c3nc(OC4CNCCC4C)nc4c(OCC(F)(F)F)c(-c5c(C)ccc6[nH]ncc56)c(C5CC5)cc34)CC2)C1. The highest BCUT2D eigenvalue weighted by Crippen LogP contribution is 2.53. The number of hydrogen-bond acceptors (Lipinski definition) is 8. The normalized spacial score (nSPS) is 22.0. The lowest BCUT2D eigenvalue weighted by molar-refractivity contribution is -0.153. The van der Waals surface area contributed by atoms with Crippen LogP contribution in [0.15, 0.2) is 36.8 Å². The number of piperidine rings is 2. The Bertz CT molecular complexity index is 2010. The van der Waals surface area contributed by atoms with Crippen molar-refractivity contribution in [2.45, 2.75) is 64.1 Å². The molecule has 51 heavy (non-hydrogen) atoms. The van der Waals surface area contributed by atoms with Gasteiger partial charge in [-0.3, -0.25) is 9.89 Å². The molecule has 5 heterocycles. The molecule has 1 amide bonds. The van der Waals surface area contributed by atoms with E-state index < -0.39 is 24.5 Å². The standard InChI is InChI=1S/C37H41F4N7O3/c1-20-8-11-42-16-28(20)51-35-44-31-25(33(45-35)47-12-9-36(10-13-47)17-48(18-36)34(49)22(3)38)14-24(23-5-6-23)30(32(31)50-19-37(39,40)41)29-21(2)4-7-27-26(29)15-43-46-27/h4,7,14-15,20,23,28,42H,3,5-6,8-13,16-19H2,1-2H3,(H,43,46). The number of anilines is 1.